The van der Waals surface area contributed by atoms with Gasteiger partial charge < -0.3 is 4.42 Å². The van der Waals surface area contributed by atoms with Crippen molar-refractivity contribution in [2.75, 3.05) is 0 Å². The molecule has 0 aliphatic carbocycles. The van der Waals surface area contributed by atoms with Crippen molar-refractivity contribution in [2.45, 2.75) is 33.1 Å². The van der Waals surface area contributed by atoms with Crippen molar-refractivity contribution in [2.24, 2.45) is 0 Å². The second-order valence-electron chi connectivity index (χ2n) is 8.44. The number of aromatic nitrogens is 2. The minimum atomic E-state index is 0.0782. The molecule has 3 heterocycles. The molecule has 3 nitrogen and oxygen atoms in total. The van der Waals surface area contributed by atoms with Crippen LogP contribution in [0.25, 0.3) is 44.1 Å². The molecular weight excluding hydrogens is 344 g/mol. The van der Waals surface area contributed by atoms with Gasteiger partial charge in [0.15, 0.2) is 0 Å². The van der Waals surface area contributed by atoms with E-state index in [1.165, 1.54) is 5.56 Å². The molecule has 0 radical (unpaired) electrons. The highest BCUT2D eigenvalue weighted by Crippen LogP contribution is 2.39. The maximum absolute atomic E-state index is 6.27. The zero-order valence-electron chi connectivity index (χ0n) is 16.6. The Morgan fingerprint density at radius 2 is 1.64 bits per heavy atom. The first-order valence-electron chi connectivity index (χ1n) is 9.60. The van der Waals surface area contributed by atoms with E-state index < -0.39 is 0 Å². The molecule has 0 N–H and O–H groups in total. The van der Waals surface area contributed by atoms with Crippen LogP contribution in [0.3, 0.4) is 0 Å². The number of aryl methyl sites for hydroxylation is 1. The molecule has 0 saturated heterocycles. The van der Waals surface area contributed by atoms with Crippen LogP contribution in [0.15, 0.2) is 65.3 Å². The van der Waals surface area contributed by atoms with Gasteiger partial charge in [0, 0.05) is 28.7 Å². The first-order chi connectivity index (χ1) is 13.4. The van der Waals surface area contributed by atoms with Crippen LogP contribution in [-0.4, -0.2) is 9.97 Å². The molecule has 2 aromatic carbocycles. The van der Waals surface area contributed by atoms with Gasteiger partial charge >= 0.3 is 0 Å². The van der Waals surface area contributed by atoms with Crippen molar-refractivity contribution in [3.8, 4) is 11.3 Å². The summed E-state index contributed by atoms with van der Waals surface area (Å²) in [7, 11) is 0. The Balaban J connectivity index is 1.82. The van der Waals surface area contributed by atoms with Gasteiger partial charge in [-0.3, -0.25) is 4.98 Å². The smallest absolute Gasteiger partial charge is 0.227 e. The molecule has 5 rings (SSSR count). The predicted molar refractivity (Wildman–Crippen MR) is 116 cm³/mol. The maximum atomic E-state index is 6.27. The fraction of sp³-hybridized carbons (Fsp3) is 0.200. The van der Waals surface area contributed by atoms with Crippen molar-refractivity contribution >= 4 is 32.8 Å². The molecule has 28 heavy (non-hydrogen) atoms. The van der Waals surface area contributed by atoms with E-state index in [2.05, 4.69) is 75.1 Å². The minimum Gasteiger partial charge on any atom is -0.437 e. The van der Waals surface area contributed by atoms with Crippen molar-refractivity contribution in [3.63, 3.8) is 0 Å². The van der Waals surface area contributed by atoms with Gasteiger partial charge in [0.2, 0.25) is 5.71 Å². The highest BCUT2D eigenvalue weighted by molar-refractivity contribution is 6.19. The van der Waals surface area contributed by atoms with Crippen LogP contribution in [0.1, 0.15) is 31.9 Å². The number of furan rings is 1. The topological polar surface area (TPSA) is 38.9 Å². The minimum absolute atomic E-state index is 0.0782. The zero-order chi connectivity index (χ0) is 19.5. The first-order valence-corrected chi connectivity index (χ1v) is 9.60. The number of rotatable bonds is 1. The van der Waals surface area contributed by atoms with Gasteiger partial charge in [-0.15, -0.1) is 0 Å². The van der Waals surface area contributed by atoms with Crippen LogP contribution in [-0.2, 0) is 5.41 Å². The summed E-state index contributed by atoms with van der Waals surface area (Å²) in [6.07, 6.45) is 3.85. The van der Waals surface area contributed by atoms with E-state index in [-0.39, 0.29) is 5.41 Å². The summed E-state index contributed by atoms with van der Waals surface area (Å²) in [5, 5.41) is 4.44. The molecule has 0 amide bonds. The largest absolute Gasteiger partial charge is 0.437 e. The Hall–Kier alpha value is -3.20. The van der Waals surface area contributed by atoms with Gasteiger partial charge in [0.25, 0.3) is 0 Å². The normalized spacial score (nSPS) is 12.3. The fourth-order valence-electron chi connectivity index (χ4n) is 3.87. The number of hydrogen-bond donors (Lipinski definition) is 0. The number of nitrogens with zero attached hydrogens (tertiary/aromatic N) is 2. The molecule has 5 aromatic rings. The van der Waals surface area contributed by atoms with E-state index in [9.17, 15) is 0 Å². The number of hydrogen-bond acceptors (Lipinski definition) is 3. The summed E-state index contributed by atoms with van der Waals surface area (Å²) < 4.78 is 6.27. The van der Waals surface area contributed by atoms with E-state index in [1.54, 1.807) is 0 Å². The molecular formula is C25H22N2O. The SMILES string of the molecule is Cc1ccc2c(oc3ncc4ccccc4c32)c1-c1ccc(C(C)(C)C)cn1. The lowest BCUT2D eigenvalue weighted by Crippen LogP contribution is -2.11. The summed E-state index contributed by atoms with van der Waals surface area (Å²) in [5.41, 5.74) is 5.95. The molecule has 0 atom stereocenters. The molecule has 138 valence electrons. The standard InChI is InChI=1S/C25H22N2O/c1-15-9-11-19-22-18-8-6-5-7-16(18)13-27-24(22)28-23(19)21(15)20-12-10-17(14-26-20)25(2,3)4/h5-14H,1-4H3. The van der Waals surface area contributed by atoms with Crippen LogP contribution >= 0.6 is 0 Å². The predicted octanol–water partition coefficient (Wildman–Crippen LogP) is 6.80. The Kier molecular flexibility index (Phi) is 3.57. The Bertz CT molecular complexity index is 1340. The van der Waals surface area contributed by atoms with Gasteiger partial charge in [-0.05, 0) is 34.9 Å². The van der Waals surface area contributed by atoms with Crippen molar-refractivity contribution in [3.05, 3.63) is 72.1 Å². The van der Waals surface area contributed by atoms with Gasteiger partial charge in [0.05, 0.1) is 11.1 Å². The Labute approximate surface area is 164 Å². The molecule has 0 saturated carbocycles. The second-order valence-corrected chi connectivity index (χ2v) is 8.44. The van der Waals surface area contributed by atoms with Crippen LogP contribution in [0.2, 0.25) is 0 Å². The van der Waals surface area contributed by atoms with Crippen molar-refractivity contribution < 1.29 is 4.42 Å². The summed E-state index contributed by atoms with van der Waals surface area (Å²) in [6.45, 7) is 8.70. The van der Waals surface area contributed by atoms with E-state index in [1.807, 2.05) is 18.5 Å². The molecule has 0 bridgehead atoms. The van der Waals surface area contributed by atoms with Crippen LogP contribution < -0.4 is 0 Å². The molecule has 0 fully saturated rings. The van der Waals surface area contributed by atoms with Crippen LogP contribution in [0.4, 0.5) is 0 Å². The number of benzene rings is 2. The van der Waals surface area contributed by atoms with E-state index >= 15 is 0 Å². The summed E-state index contributed by atoms with van der Waals surface area (Å²) in [4.78, 5) is 9.35. The second kappa shape index (κ2) is 5.90. The first kappa shape index (κ1) is 16.9. The third-order valence-corrected chi connectivity index (χ3v) is 5.48. The maximum Gasteiger partial charge on any atom is 0.227 e. The summed E-state index contributed by atoms with van der Waals surface area (Å²) in [5.74, 6) is 0. The number of pyridine rings is 2. The Morgan fingerprint density at radius 3 is 2.39 bits per heavy atom. The highest BCUT2D eigenvalue weighted by Gasteiger charge is 2.19. The number of fused-ring (bicyclic) bond motifs is 5. The quantitative estimate of drug-likeness (QED) is 0.327. The van der Waals surface area contributed by atoms with Gasteiger partial charge in [0.1, 0.15) is 5.58 Å². The molecule has 0 spiro atoms. The van der Waals surface area contributed by atoms with Gasteiger partial charge in [-0.25, -0.2) is 4.98 Å². The van der Waals surface area contributed by atoms with Crippen molar-refractivity contribution in [1.29, 1.82) is 0 Å². The highest BCUT2D eigenvalue weighted by atomic mass is 16.3. The van der Waals surface area contributed by atoms with Crippen LogP contribution in [0, 0.1) is 6.92 Å². The lowest BCUT2D eigenvalue weighted by molar-refractivity contribution is 0.587. The lowest BCUT2D eigenvalue weighted by Gasteiger charge is -2.18. The van der Waals surface area contributed by atoms with E-state index in [4.69, 9.17) is 9.40 Å². The Morgan fingerprint density at radius 1 is 0.821 bits per heavy atom. The van der Waals surface area contributed by atoms with Gasteiger partial charge in [-0.1, -0.05) is 63.2 Å². The molecule has 0 aliphatic rings. The monoisotopic (exact) mass is 366 g/mol. The molecule has 3 aromatic heterocycles. The van der Waals surface area contributed by atoms with E-state index in [0.29, 0.717) is 5.71 Å². The molecule has 0 aliphatic heterocycles. The average molecular weight is 366 g/mol. The molecule has 0 unspecified atom stereocenters. The molecule has 3 heteroatoms. The van der Waals surface area contributed by atoms with Gasteiger partial charge in [-0.2, -0.15) is 0 Å². The zero-order valence-corrected chi connectivity index (χ0v) is 16.6. The average Bonchev–Trinajstić information content (AvgIpc) is 3.06. The summed E-state index contributed by atoms with van der Waals surface area (Å²) >= 11 is 0. The van der Waals surface area contributed by atoms with Crippen LogP contribution in [0.5, 0.6) is 0 Å². The summed E-state index contributed by atoms with van der Waals surface area (Å²) in [6, 6.07) is 16.9. The lowest BCUT2D eigenvalue weighted by atomic mass is 9.88. The van der Waals surface area contributed by atoms with Crippen molar-refractivity contribution in [1.82, 2.24) is 9.97 Å². The fourth-order valence-corrected chi connectivity index (χ4v) is 3.87. The third kappa shape index (κ3) is 2.50. The third-order valence-electron chi connectivity index (χ3n) is 5.48. The van der Waals surface area contributed by atoms with E-state index in [0.717, 1.165) is 43.9 Å².